The van der Waals surface area contributed by atoms with E-state index in [2.05, 4.69) is 5.32 Å². The van der Waals surface area contributed by atoms with Crippen LogP contribution in [0.4, 0.5) is 5.69 Å². The first-order valence-electron chi connectivity index (χ1n) is 4.47. The van der Waals surface area contributed by atoms with Crippen molar-refractivity contribution < 1.29 is 9.90 Å². The van der Waals surface area contributed by atoms with Crippen molar-refractivity contribution in [2.24, 2.45) is 5.73 Å². The second-order valence-electron chi connectivity index (χ2n) is 3.02. The summed E-state index contributed by atoms with van der Waals surface area (Å²) < 4.78 is 0. The third kappa shape index (κ3) is 2.92. The maximum Gasteiger partial charge on any atom is 0.335 e. The average molecular weight is 224 g/mol. The first-order chi connectivity index (χ1) is 7.04. The molecule has 0 atom stereocenters. The van der Waals surface area contributed by atoms with Gasteiger partial charge >= 0.3 is 5.97 Å². The zero-order chi connectivity index (χ0) is 11.4. The van der Waals surface area contributed by atoms with Crippen molar-refractivity contribution in [1.82, 2.24) is 0 Å². The predicted octanol–water partition coefficient (Wildman–Crippen LogP) is 1.60. The number of carbonyl (C=O) groups is 1. The molecular formula is C10H12N2O2S. The van der Waals surface area contributed by atoms with Crippen LogP contribution in [0.5, 0.6) is 0 Å². The quantitative estimate of drug-likeness (QED) is 0.680. The molecule has 0 aliphatic rings. The lowest BCUT2D eigenvalue weighted by molar-refractivity contribution is 0.0697. The van der Waals surface area contributed by atoms with Gasteiger partial charge < -0.3 is 16.2 Å². The molecule has 0 unspecified atom stereocenters. The van der Waals surface area contributed by atoms with Gasteiger partial charge in [-0.3, -0.25) is 0 Å². The van der Waals surface area contributed by atoms with Gasteiger partial charge in [-0.05, 0) is 42.4 Å². The Morgan fingerprint density at radius 3 is 2.73 bits per heavy atom. The predicted molar refractivity (Wildman–Crippen MR) is 63.2 cm³/mol. The van der Waals surface area contributed by atoms with E-state index in [1.54, 1.807) is 12.1 Å². The van der Waals surface area contributed by atoms with E-state index >= 15 is 0 Å². The molecule has 1 aromatic rings. The molecule has 0 spiro atoms. The molecular weight excluding hydrogens is 212 g/mol. The summed E-state index contributed by atoms with van der Waals surface area (Å²) in [5, 5.41) is 11.8. The van der Waals surface area contributed by atoms with Gasteiger partial charge in [-0.2, -0.15) is 0 Å². The SMILES string of the molecule is CCc1cc(C(=O)O)ccc1NC(N)=S. The van der Waals surface area contributed by atoms with Crippen LogP contribution in [0, 0.1) is 0 Å². The van der Waals surface area contributed by atoms with Gasteiger partial charge in [-0.15, -0.1) is 0 Å². The lowest BCUT2D eigenvalue weighted by Gasteiger charge is -2.09. The Morgan fingerprint density at radius 1 is 1.60 bits per heavy atom. The number of hydrogen-bond acceptors (Lipinski definition) is 2. The third-order valence-electron chi connectivity index (χ3n) is 1.99. The Kier molecular flexibility index (Phi) is 3.62. The molecule has 0 aliphatic carbocycles. The van der Waals surface area contributed by atoms with Crippen molar-refractivity contribution in [3.8, 4) is 0 Å². The van der Waals surface area contributed by atoms with Crippen LogP contribution in [0.15, 0.2) is 18.2 Å². The van der Waals surface area contributed by atoms with Crippen molar-refractivity contribution in [2.45, 2.75) is 13.3 Å². The van der Waals surface area contributed by atoms with Gasteiger partial charge in [0.05, 0.1) is 5.56 Å². The minimum absolute atomic E-state index is 0.174. The van der Waals surface area contributed by atoms with Crippen LogP contribution in [0.3, 0.4) is 0 Å². The number of thiocarbonyl (C=S) groups is 1. The number of rotatable bonds is 3. The molecule has 80 valence electrons. The number of nitrogens with one attached hydrogen (secondary N) is 1. The number of carboxylic acids is 1. The topological polar surface area (TPSA) is 75.3 Å². The van der Waals surface area contributed by atoms with Crippen LogP contribution in [0.25, 0.3) is 0 Å². The highest BCUT2D eigenvalue weighted by molar-refractivity contribution is 7.80. The standard InChI is InChI=1S/C10H12N2O2S/c1-2-6-5-7(9(13)14)3-4-8(6)12-10(11)15/h3-5H,2H2,1H3,(H,13,14)(H3,11,12,15). The molecule has 0 radical (unpaired) electrons. The van der Waals surface area contributed by atoms with Gasteiger partial charge in [0.2, 0.25) is 0 Å². The molecule has 0 bridgehead atoms. The molecule has 0 aliphatic heterocycles. The van der Waals surface area contributed by atoms with Crippen LogP contribution in [-0.4, -0.2) is 16.2 Å². The van der Waals surface area contributed by atoms with E-state index in [-0.39, 0.29) is 10.7 Å². The molecule has 4 nitrogen and oxygen atoms in total. The van der Waals surface area contributed by atoms with Crippen molar-refractivity contribution >= 4 is 29.0 Å². The molecule has 5 heteroatoms. The number of anilines is 1. The van der Waals surface area contributed by atoms with Crippen molar-refractivity contribution in [3.05, 3.63) is 29.3 Å². The Hall–Kier alpha value is -1.62. The van der Waals surface area contributed by atoms with E-state index in [1.807, 2.05) is 6.92 Å². The third-order valence-corrected chi connectivity index (χ3v) is 2.09. The normalized spacial score (nSPS) is 9.67. The van der Waals surface area contributed by atoms with Gasteiger partial charge in [-0.25, -0.2) is 4.79 Å². The fourth-order valence-corrected chi connectivity index (χ4v) is 1.38. The van der Waals surface area contributed by atoms with E-state index < -0.39 is 5.97 Å². The van der Waals surface area contributed by atoms with Crippen LogP contribution < -0.4 is 11.1 Å². The van der Waals surface area contributed by atoms with Crippen LogP contribution >= 0.6 is 12.2 Å². The number of aryl methyl sites for hydroxylation is 1. The number of aromatic carboxylic acids is 1. The monoisotopic (exact) mass is 224 g/mol. The summed E-state index contributed by atoms with van der Waals surface area (Å²) in [6, 6.07) is 4.80. The zero-order valence-electron chi connectivity index (χ0n) is 8.28. The van der Waals surface area contributed by atoms with Crippen LogP contribution in [0.1, 0.15) is 22.8 Å². The Bertz CT molecular complexity index is 404. The maximum atomic E-state index is 10.7. The highest BCUT2D eigenvalue weighted by atomic mass is 32.1. The lowest BCUT2D eigenvalue weighted by atomic mass is 10.1. The fourth-order valence-electron chi connectivity index (χ4n) is 1.27. The minimum Gasteiger partial charge on any atom is -0.478 e. The molecule has 0 aromatic heterocycles. The largest absolute Gasteiger partial charge is 0.478 e. The summed E-state index contributed by atoms with van der Waals surface area (Å²) in [6.07, 6.45) is 0.714. The van der Waals surface area contributed by atoms with E-state index in [1.165, 1.54) is 6.07 Å². The van der Waals surface area contributed by atoms with E-state index in [9.17, 15) is 4.79 Å². The minimum atomic E-state index is -0.938. The van der Waals surface area contributed by atoms with Crippen molar-refractivity contribution in [1.29, 1.82) is 0 Å². The van der Waals surface area contributed by atoms with Crippen LogP contribution in [-0.2, 0) is 6.42 Å². The Morgan fingerprint density at radius 2 is 2.27 bits per heavy atom. The van der Waals surface area contributed by atoms with Gasteiger partial charge in [0, 0.05) is 5.69 Å². The van der Waals surface area contributed by atoms with Gasteiger partial charge in [0.25, 0.3) is 0 Å². The van der Waals surface area contributed by atoms with Gasteiger partial charge in [-0.1, -0.05) is 6.92 Å². The van der Waals surface area contributed by atoms with Crippen molar-refractivity contribution in [3.63, 3.8) is 0 Å². The molecule has 4 N–H and O–H groups in total. The summed E-state index contributed by atoms with van der Waals surface area (Å²) >= 11 is 4.72. The fraction of sp³-hybridized carbons (Fsp3) is 0.200. The van der Waals surface area contributed by atoms with E-state index in [0.29, 0.717) is 6.42 Å². The molecule has 1 rings (SSSR count). The smallest absolute Gasteiger partial charge is 0.335 e. The summed E-state index contributed by atoms with van der Waals surface area (Å²) in [4.78, 5) is 10.7. The molecule has 0 saturated carbocycles. The van der Waals surface area contributed by atoms with E-state index in [4.69, 9.17) is 23.1 Å². The van der Waals surface area contributed by atoms with Gasteiger partial charge in [0.1, 0.15) is 0 Å². The molecule has 0 saturated heterocycles. The number of benzene rings is 1. The first-order valence-corrected chi connectivity index (χ1v) is 4.88. The maximum absolute atomic E-state index is 10.7. The summed E-state index contributed by atoms with van der Waals surface area (Å²) in [5.41, 5.74) is 7.25. The number of nitrogens with two attached hydrogens (primary N) is 1. The average Bonchev–Trinajstić information content (AvgIpc) is 2.17. The number of hydrogen-bond donors (Lipinski definition) is 3. The molecule has 15 heavy (non-hydrogen) atoms. The molecule has 0 heterocycles. The first kappa shape index (κ1) is 11.5. The zero-order valence-corrected chi connectivity index (χ0v) is 9.10. The Balaban J connectivity index is 3.08. The second-order valence-corrected chi connectivity index (χ2v) is 3.46. The lowest BCUT2D eigenvalue weighted by Crippen LogP contribution is -2.20. The molecule has 1 aromatic carbocycles. The summed E-state index contributed by atoms with van der Waals surface area (Å²) in [7, 11) is 0. The second kappa shape index (κ2) is 4.75. The van der Waals surface area contributed by atoms with Crippen LogP contribution in [0.2, 0.25) is 0 Å². The molecule has 0 amide bonds. The summed E-state index contributed by atoms with van der Waals surface area (Å²) in [5.74, 6) is -0.938. The Labute approximate surface area is 93.1 Å². The van der Waals surface area contributed by atoms with Crippen molar-refractivity contribution in [2.75, 3.05) is 5.32 Å². The highest BCUT2D eigenvalue weighted by Crippen LogP contribution is 2.18. The highest BCUT2D eigenvalue weighted by Gasteiger charge is 2.07. The number of carboxylic acid groups (broad SMARTS) is 1. The molecule has 0 fully saturated rings. The van der Waals surface area contributed by atoms with E-state index in [0.717, 1.165) is 11.3 Å². The summed E-state index contributed by atoms with van der Waals surface area (Å²) in [6.45, 7) is 1.94. The van der Waals surface area contributed by atoms with Gasteiger partial charge in [0.15, 0.2) is 5.11 Å².